The Morgan fingerprint density at radius 3 is 3.05 bits per heavy atom. The molecule has 19 heavy (non-hydrogen) atoms. The molecule has 0 radical (unpaired) electrons. The number of anilines is 2. The van der Waals surface area contributed by atoms with Crippen molar-refractivity contribution in [2.24, 2.45) is 0 Å². The minimum Gasteiger partial charge on any atom is -0.398 e. The lowest BCUT2D eigenvalue weighted by Gasteiger charge is -2.14. The number of nitrogen functional groups attached to an aromatic ring is 1. The first kappa shape index (κ1) is 12.2. The summed E-state index contributed by atoms with van der Waals surface area (Å²) in [6.07, 6.45) is 4.39. The average Bonchev–Trinajstić information content (AvgIpc) is 2.94. The largest absolute Gasteiger partial charge is 0.398 e. The van der Waals surface area contributed by atoms with Crippen molar-refractivity contribution < 1.29 is 4.74 Å². The molecule has 3 N–H and O–H groups in total. The predicted octanol–water partition coefficient (Wildman–Crippen LogP) is 2.72. The van der Waals surface area contributed by atoms with E-state index < -0.39 is 0 Å². The first-order valence-electron chi connectivity index (χ1n) is 6.75. The number of aryl methyl sites for hydroxylation is 1. The summed E-state index contributed by atoms with van der Waals surface area (Å²) < 4.78 is 5.61. The normalized spacial score (nSPS) is 18.9. The van der Waals surface area contributed by atoms with Crippen molar-refractivity contribution in [3.63, 3.8) is 0 Å². The van der Waals surface area contributed by atoms with E-state index in [0.717, 1.165) is 53.8 Å². The third kappa shape index (κ3) is 2.36. The fourth-order valence-electron chi connectivity index (χ4n) is 2.54. The monoisotopic (exact) mass is 257 g/mol. The predicted molar refractivity (Wildman–Crippen MR) is 78.4 cm³/mol. The van der Waals surface area contributed by atoms with Crippen molar-refractivity contribution in [2.75, 3.05) is 24.2 Å². The number of fused-ring (bicyclic) bond motifs is 1. The van der Waals surface area contributed by atoms with E-state index in [9.17, 15) is 0 Å². The summed E-state index contributed by atoms with van der Waals surface area (Å²) in [4.78, 5) is 4.42. The molecule has 3 rings (SSSR count). The zero-order valence-electron chi connectivity index (χ0n) is 11.1. The van der Waals surface area contributed by atoms with Gasteiger partial charge < -0.3 is 15.8 Å². The standard InChI is InChI=1S/C15H19N3O/c1-10-4-5-13-12(14(10)16)6-7-17-15(13)18-9-11-3-2-8-19-11/h4-7,11H,2-3,8-9,16H2,1H3,(H,17,18). The molecule has 0 amide bonds. The Morgan fingerprint density at radius 2 is 2.26 bits per heavy atom. The second-order valence-corrected chi connectivity index (χ2v) is 5.07. The lowest BCUT2D eigenvalue weighted by molar-refractivity contribution is 0.120. The summed E-state index contributed by atoms with van der Waals surface area (Å²) in [7, 11) is 0. The smallest absolute Gasteiger partial charge is 0.133 e. The van der Waals surface area contributed by atoms with Gasteiger partial charge in [0.25, 0.3) is 0 Å². The minimum absolute atomic E-state index is 0.305. The number of hydrogen-bond donors (Lipinski definition) is 2. The number of pyridine rings is 1. The van der Waals surface area contributed by atoms with Gasteiger partial charge in [-0.05, 0) is 31.4 Å². The van der Waals surface area contributed by atoms with Crippen LogP contribution in [0.1, 0.15) is 18.4 Å². The molecule has 1 atom stereocenters. The van der Waals surface area contributed by atoms with Gasteiger partial charge in [0, 0.05) is 35.8 Å². The van der Waals surface area contributed by atoms with Gasteiger partial charge in [0.15, 0.2) is 0 Å². The first-order valence-corrected chi connectivity index (χ1v) is 6.75. The van der Waals surface area contributed by atoms with E-state index in [1.807, 2.05) is 19.1 Å². The summed E-state index contributed by atoms with van der Waals surface area (Å²) in [5.41, 5.74) is 8.06. The zero-order valence-corrected chi connectivity index (χ0v) is 11.1. The summed E-state index contributed by atoms with van der Waals surface area (Å²) in [6, 6.07) is 6.08. The number of nitrogens with two attached hydrogens (primary N) is 1. The molecule has 100 valence electrons. The Bertz CT molecular complexity index is 591. The molecule has 1 aromatic carbocycles. The SMILES string of the molecule is Cc1ccc2c(NCC3CCCO3)nccc2c1N. The third-order valence-electron chi connectivity index (χ3n) is 3.73. The van der Waals surface area contributed by atoms with E-state index in [2.05, 4.69) is 16.4 Å². The van der Waals surface area contributed by atoms with Gasteiger partial charge in [-0.3, -0.25) is 0 Å². The number of aromatic nitrogens is 1. The van der Waals surface area contributed by atoms with Crippen molar-refractivity contribution in [1.82, 2.24) is 4.98 Å². The van der Waals surface area contributed by atoms with Crippen molar-refractivity contribution in [2.45, 2.75) is 25.9 Å². The molecule has 1 aliphatic rings. The van der Waals surface area contributed by atoms with E-state index in [1.165, 1.54) is 0 Å². The quantitative estimate of drug-likeness (QED) is 0.830. The summed E-state index contributed by atoms with van der Waals surface area (Å²) in [5, 5.41) is 5.52. The molecule has 1 aliphatic heterocycles. The van der Waals surface area contributed by atoms with Crippen LogP contribution in [0.2, 0.25) is 0 Å². The van der Waals surface area contributed by atoms with Gasteiger partial charge in [0.1, 0.15) is 5.82 Å². The maximum atomic E-state index is 6.13. The molecule has 0 aliphatic carbocycles. The minimum atomic E-state index is 0.305. The molecule has 1 unspecified atom stereocenters. The van der Waals surface area contributed by atoms with Gasteiger partial charge in [0.2, 0.25) is 0 Å². The van der Waals surface area contributed by atoms with Gasteiger partial charge in [-0.25, -0.2) is 4.98 Å². The number of rotatable bonds is 3. The van der Waals surface area contributed by atoms with Crippen molar-refractivity contribution in [3.8, 4) is 0 Å². The lowest BCUT2D eigenvalue weighted by atomic mass is 10.1. The van der Waals surface area contributed by atoms with Crippen LogP contribution in [0.3, 0.4) is 0 Å². The Kier molecular flexibility index (Phi) is 3.25. The van der Waals surface area contributed by atoms with E-state index in [0.29, 0.717) is 6.10 Å². The van der Waals surface area contributed by atoms with Gasteiger partial charge in [0.05, 0.1) is 6.10 Å². The number of ether oxygens (including phenoxy) is 1. The van der Waals surface area contributed by atoms with Gasteiger partial charge >= 0.3 is 0 Å². The number of nitrogens with zero attached hydrogens (tertiary/aromatic N) is 1. The maximum absolute atomic E-state index is 6.13. The maximum Gasteiger partial charge on any atom is 0.133 e. The Hall–Kier alpha value is -1.81. The van der Waals surface area contributed by atoms with E-state index in [4.69, 9.17) is 10.5 Å². The molecule has 0 bridgehead atoms. The molecular formula is C15H19N3O. The fourth-order valence-corrected chi connectivity index (χ4v) is 2.54. The molecule has 2 aromatic rings. The van der Waals surface area contributed by atoms with Crippen LogP contribution < -0.4 is 11.1 Å². The Morgan fingerprint density at radius 1 is 1.37 bits per heavy atom. The van der Waals surface area contributed by atoms with Gasteiger partial charge in [-0.1, -0.05) is 12.1 Å². The second kappa shape index (κ2) is 5.05. The van der Waals surface area contributed by atoms with Crippen LogP contribution in [0.5, 0.6) is 0 Å². The second-order valence-electron chi connectivity index (χ2n) is 5.07. The highest BCUT2D eigenvalue weighted by molar-refractivity contribution is 6.00. The number of benzene rings is 1. The van der Waals surface area contributed by atoms with Crippen LogP contribution in [-0.2, 0) is 4.74 Å². The van der Waals surface area contributed by atoms with Gasteiger partial charge in [-0.15, -0.1) is 0 Å². The van der Waals surface area contributed by atoms with E-state index in [1.54, 1.807) is 6.20 Å². The van der Waals surface area contributed by atoms with Crippen molar-refractivity contribution in [1.29, 1.82) is 0 Å². The number of hydrogen-bond acceptors (Lipinski definition) is 4. The summed E-state index contributed by atoms with van der Waals surface area (Å²) in [5.74, 6) is 0.889. The fraction of sp³-hybridized carbons (Fsp3) is 0.400. The molecule has 0 saturated carbocycles. The highest BCUT2D eigenvalue weighted by Crippen LogP contribution is 2.28. The molecule has 0 spiro atoms. The third-order valence-corrected chi connectivity index (χ3v) is 3.73. The van der Waals surface area contributed by atoms with Crippen LogP contribution in [0, 0.1) is 6.92 Å². The zero-order chi connectivity index (χ0) is 13.2. The lowest BCUT2D eigenvalue weighted by Crippen LogP contribution is -2.19. The van der Waals surface area contributed by atoms with E-state index in [-0.39, 0.29) is 0 Å². The highest BCUT2D eigenvalue weighted by atomic mass is 16.5. The van der Waals surface area contributed by atoms with E-state index >= 15 is 0 Å². The van der Waals surface area contributed by atoms with Crippen molar-refractivity contribution in [3.05, 3.63) is 30.0 Å². The topological polar surface area (TPSA) is 60.2 Å². The van der Waals surface area contributed by atoms with Crippen molar-refractivity contribution >= 4 is 22.3 Å². The molecule has 1 saturated heterocycles. The molecule has 2 heterocycles. The summed E-state index contributed by atoms with van der Waals surface area (Å²) >= 11 is 0. The number of nitrogens with one attached hydrogen (secondary N) is 1. The molecule has 1 fully saturated rings. The molecule has 4 heteroatoms. The van der Waals surface area contributed by atoms with Crippen LogP contribution in [-0.4, -0.2) is 24.2 Å². The van der Waals surface area contributed by atoms with Crippen LogP contribution >= 0.6 is 0 Å². The van der Waals surface area contributed by atoms with Gasteiger partial charge in [-0.2, -0.15) is 0 Å². The Labute approximate surface area is 113 Å². The Balaban J connectivity index is 1.88. The first-order chi connectivity index (χ1) is 9.25. The molecular weight excluding hydrogens is 238 g/mol. The highest BCUT2D eigenvalue weighted by Gasteiger charge is 2.15. The van der Waals surface area contributed by atoms with Crippen LogP contribution in [0.15, 0.2) is 24.4 Å². The van der Waals surface area contributed by atoms with Crippen LogP contribution in [0.25, 0.3) is 10.8 Å². The average molecular weight is 257 g/mol. The molecule has 4 nitrogen and oxygen atoms in total. The summed E-state index contributed by atoms with van der Waals surface area (Å²) in [6.45, 7) is 3.70. The van der Waals surface area contributed by atoms with Crippen LogP contribution in [0.4, 0.5) is 11.5 Å². The molecule has 1 aromatic heterocycles.